The van der Waals surface area contributed by atoms with Crippen molar-refractivity contribution in [2.75, 3.05) is 20.3 Å². The molecule has 0 saturated heterocycles. The number of benzene rings is 1. The molecule has 0 heterocycles. The van der Waals surface area contributed by atoms with Crippen molar-refractivity contribution in [1.29, 1.82) is 0 Å². The summed E-state index contributed by atoms with van der Waals surface area (Å²) in [4.78, 5) is 29.6. The maximum absolute atomic E-state index is 13.4. The molecule has 1 rings (SSSR count). The third-order valence-corrected chi connectivity index (χ3v) is 3.90. The second-order valence-corrected chi connectivity index (χ2v) is 6.37. The summed E-state index contributed by atoms with van der Waals surface area (Å²) in [5.74, 6) is -3.12. The van der Waals surface area contributed by atoms with Crippen molar-refractivity contribution in [3.63, 3.8) is 0 Å². The van der Waals surface area contributed by atoms with E-state index in [1.165, 1.54) is 21.0 Å². The molecule has 0 aromatic heterocycles. The van der Waals surface area contributed by atoms with Crippen LogP contribution in [0.1, 0.15) is 19.4 Å². The average Bonchev–Trinajstić information content (AvgIpc) is 2.59. The molecule has 0 bridgehead atoms. The normalized spacial score (nSPS) is 12.3. The van der Waals surface area contributed by atoms with Crippen LogP contribution in [-0.4, -0.2) is 53.1 Å². The van der Waals surface area contributed by atoms with Gasteiger partial charge in [0, 0.05) is 18.6 Å². The predicted molar refractivity (Wildman–Crippen MR) is 95.1 cm³/mol. The third-order valence-electron chi connectivity index (χ3n) is 3.90. The molecule has 4 radical (unpaired) electrons. The summed E-state index contributed by atoms with van der Waals surface area (Å²) in [5.41, 5.74) is -1.14. The van der Waals surface area contributed by atoms with Crippen LogP contribution >= 0.6 is 0 Å². The molecule has 1 aromatic rings. The van der Waals surface area contributed by atoms with Crippen LogP contribution in [0.5, 0.6) is 0 Å². The standard InChI is InChI=1S/C17H21B2F2NO5/c1-17(2,14(19)9-18)15(23)22(27-16(24)26-5-4-25-3)10-11-6-12(20)8-13(21)7-11/h6-8,14H,4-5,9-10H2,1-3H3. The van der Waals surface area contributed by atoms with Gasteiger partial charge in [0.1, 0.15) is 18.2 Å². The van der Waals surface area contributed by atoms with Gasteiger partial charge in [-0.05, 0) is 17.7 Å². The van der Waals surface area contributed by atoms with Crippen molar-refractivity contribution >= 4 is 27.8 Å². The Kier molecular flexibility index (Phi) is 8.75. The Morgan fingerprint density at radius 2 is 1.78 bits per heavy atom. The topological polar surface area (TPSA) is 65.1 Å². The second kappa shape index (κ2) is 10.3. The quantitative estimate of drug-likeness (QED) is 0.301. The first-order valence-corrected chi connectivity index (χ1v) is 8.18. The van der Waals surface area contributed by atoms with E-state index in [0.717, 1.165) is 12.1 Å². The number of hydrogen-bond acceptors (Lipinski definition) is 5. The highest BCUT2D eigenvalue weighted by Crippen LogP contribution is 2.34. The van der Waals surface area contributed by atoms with Crippen LogP contribution in [-0.2, 0) is 25.7 Å². The minimum Gasteiger partial charge on any atom is -0.430 e. The lowest BCUT2D eigenvalue weighted by atomic mass is 9.61. The highest BCUT2D eigenvalue weighted by molar-refractivity contribution is 6.20. The summed E-state index contributed by atoms with van der Waals surface area (Å²) in [6.07, 6.45) is -1.17. The number of hydrogen-bond donors (Lipinski definition) is 0. The Labute approximate surface area is 159 Å². The van der Waals surface area contributed by atoms with Crippen molar-refractivity contribution in [1.82, 2.24) is 5.06 Å². The zero-order chi connectivity index (χ0) is 20.6. The fraction of sp³-hybridized carbons (Fsp3) is 0.529. The van der Waals surface area contributed by atoms with Crippen LogP contribution in [0.15, 0.2) is 18.2 Å². The number of methoxy groups -OCH3 is 1. The molecule has 0 spiro atoms. The van der Waals surface area contributed by atoms with E-state index in [9.17, 15) is 18.4 Å². The average molecular weight is 379 g/mol. The van der Waals surface area contributed by atoms with E-state index in [4.69, 9.17) is 30.0 Å². The molecule has 10 heteroatoms. The minimum atomic E-state index is -1.21. The van der Waals surface area contributed by atoms with Crippen LogP contribution in [0.4, 0.5) is 13.6 Å². The number of ether oxygens (including phenoxy) is 2. The Morgan fingerprint density at radius 3 is 2.30 bits per heavy atom. The Hall–Kier alpha value is -2.09. The van der Waals surface area contributed by atoms with E-state index in [1.807, 2.05) is 0 Å². The highest BCUT2D eigenvalue weighted by Gasteiger charge is 2.38. The van der Waals surface area contributed by atoms with Gasteiger partial charge < -0.3 is 14.3 Å². The lowest BCUT2D eigenvalue weighted by Crippen LogP contribution is -2.44. The van der Waals surface area contributed by atoms with Gasteiger partial charge in [0.15, 0.2) is 0 Å². The first-order valence-electron chi connectivity index (χ1n) is 8.18. The number of amides is 1. The largest absolute Gasteiger partial charge is 0.533 e. The van der Waals surface area contributed by atoms with E-state index >= 15 is 0 Å². The SMILES string of the molecule is [B]CC([B])C(C)(C)C(=O)N(Cc1cc(F)cc(F)c1)OC(=O)OCCOC. The number of rotatable bonds is 8. The van der Waals surface area contributed by atoms with E-state index in [2.05, 4.69) is 0 Å². The van der Waals surface area contributed by atoms with E-state index < -0.39 is 41.5 Å². The van der Waals surface area contributed by atoms with Gasteiger partial charge in [-0.25, -0.2) is 13.6 Å². The van der Waals surface area contributed by atoms with Gasteiger partial charge in [-0.15, -0.1) is 0 Å². The van der Waals surface area contributed by atoms with Crippen LogP contribution in [0.3, 0.4) is 0 Å². The number of hydroxylamine groups is 2. The number of halogens is 2. The summed E-state index contributed by atoms with van der Waals surface area (Å²) in [5, 5.41) is 0.652. The maximum atomic E-state index is 13.4. The van der Waals surface area contributed by atoms with Crippen molar-refractivity contribution in [3.05, 3.63) is 35.4 Å². The van der Waals surface area contributed by atoms with Gasteiger partial charge in [-0.3, -0.25) is 4.79 Å². The maximum Gasteiger partial charge on any atom is 0.533 e. The van der Waals surface area contributed by atoms with Crippen molar-refractivity contribution in [2.24, 2.45) is 5.41 Å². The summed E-state index contributed by atoms with van der Waals surface area (Å²) in [6.45, 7) is 2.66. The zero-order valence-electron chi connectivity index (χ0n) is 15.5. The molecule has 6 nitrogen and oxygen atoms in total. The molecule has 144 valence electrons. The number of carbonyl (C=O) groups excluding carboxylic acids is 2. The summed E-state index contributed by atoms with van der Waals surface area (Å²) in [7, 11) is 12.8. The molecule has 1 unspecified atom stereocenters. The van der Waals surface area contributed by atoms with Gasteiger partial charge in [0.2, 0.25) is 0 Å². The molecule has 0 fully saturated rings. The van der Waals surface area contributed by atoms with Crippen molar-refractivity contribution < 1.29 is 32.7 Å². The molecule has 0 saturated carbocycles. The first kappa shape index (κ1) is 23.0. The molecular formula is C17H21B2F2NO5. The van der Waals surface area contributed by atoms with Crippen LogP contribution in [0, 0.1) is 17.0 Å². The molecule has 1 aromatic carbocycles. The molecular weight excluding hydrogens is 358 g/mol. The third kappa shape index (κ3) is 6.86. The molecule has 0 aliphatic rings. The van der Waals surface area contributed by atoms with Gasteiger partial charge in [-0.1, -0.05) is 26.0 Å². The Bertz CT molecular complexity index is 640. The molecule has 0 aliphatic heterocycles. The predicted octanol–water partition coefficient (Wildman–Crippen LogP) is 2.58. The lowest BCUT2D eigenvalue weighted by molar-refractivity contribution is -0.185. The summed E-state index contributed by atoms with van der Waals surface area (Å²) in [6, 6.07) is 2.71. The van der Waals surface area contributed by atoms with E-state index in [0.29, 0.717) is 11.1 Å². The van der Waals surface area contributed by atoms with Crippen molar-refractivity contribution in [2.45, 2.75) is 32.5 Å². The van der Waals surface area contributed by atoms with E-state index in [-0.39, 0.29) is 25.1 Å². The highest BCUT2D eigenvalue weighted by atomic mass is 19.1. The zero-order valence-corrected chi connectivity index (χ0v) is 15.5. The molecule has 1 amide bonds. The van der Waals surface area contributed by atoms with Gasteiger partial charge >= 0.3 is 6.16 Å². The first-order chi connectivity index (χ1) is 12.6. The Morgan fingerprint density at radius 1 is 1.19 bits per heavy atom. The molecule has 0 aliphatic carbocycles. The Balaban J connectivity index is 3.04. The number of carbonyl (C=O) groups is 2. The van der Waals surface area contributed by atoms with Gasteiger partial charge in [0.05, 0.1) is 28.8 Å². The molecule has 0 N–H and O–H groups in total. The van der Waals surface area contributed by atoms with Gasteiger partial charge in [-0.2, -0.15) is 5.06 Å². The monoisotopic (exact) mass is 379 g/mol. The molecule has 27 heavy (non-hydrogen) atoms. The fourth-order valence-electron chi connectivity index (χ4n) is 2.11. The van der Waals surface area contributed by atoms with Crippen molar-refractivity contribution in [3.8, 4) is 0 Å². The van der Waals surface area contributed by atoms with Crippen LogP contribution < -0.4 is 0 Å². The molecule has 1 atom stereocenters. The summed E-state index contributed by atoms with van der Waals surface area (Å²) < 4.78 is 36.4. The fourth-order valence-corrected chi connectivity index (χ4v) is 2.11. The number of nitrogens with zero attached hydrogens (tertiary/aromatic N) is 1. The second-order valence-electron chi connectivity index (χ2n) is 6.37. The van der Waals surface area contributed by atoms with E-state index in [1.54, 1.807) is 0 Å². The van der Waals surface area contributed by atoms with Crippen LogP contribution in [0.2, 0.25) is 12.1 Å². The van der Waals surface area contributed by atoms with Gasteiger partial charge in [0.25, 0.3) is 5.91 Å². The lowest BCUT2D eigenvalue weighted by Gasteiger charge is -2.34. The summed E-state index contributed by atoms with van der Waals surface area (Å²) >= 11 is 0. The van der Waals surface area contributed by atoms with Crippen LogP contribution in [0.25, 0.3) is 0 Å². The smallest absolute Gasteiger partial charge is 0.430 e. The minimum absolute atomic E-state index is 0.000537.